The van der Waals surface area contributed by atoms with Crippen molar-refractivity contribution in [3.63, 3.8) is 0 Å². The van der Waals surface area contributed by atoms with Crippen molar-refractivity contribution >= 4 is 17.0 Å². The smallest absolute Gasteiger partial charge is 0.163 e. The van der Waals surface area contributed by atoms with Crippen LogP contribution in [0.1, 0.15) is 16.2 Å². The van der Waals surface area contributed by atoms with Gasteiger partial charge in [0, 0.05) is 33.5 Å². The van der Waals surface area contributed by atoms with Crippen LogP contribution in [-0.4, -0.2) is 13.2 Å². The Kier molecular flexibility index (Phi) is 3.11. The minimum atomic E-state index is 0.683. The van der Waals surface area contributed by atoms with E-state index < -0.39 is 0 Å². The largest absolute Gasteiger partial charge is 0.490 e. The topological polar surface area (TPSA) is 44.5 Å². The summed E-state index contributed by atoms with van der Waals surface area (Å²) in [6, 6.07) is 6.06. The second-order valence-corrected chi connectivity index (χ2v) is 6.22. The number of aryl methyl sites for hydroxylation is 2. The van der Waals surface area contributed by atoms with Gasteiger partial charge in [0.2, 0.25) is 0 Å². The van der Waals surface area contributed by atoms with Crippen molar-refractivity contribution in [2.75, 3.05) is 18.9 Å². The van der Waals surface area contributed by atoms with Gasteiger partial charge in [0.05, 0.1) is 13.2 Å². The number of anilines is 1. The highest BCUT2D eigenvalue weighted by Crippen LogP contribution is 2.41. The van der Waals surface area contributed by atoms with Crippen molar-refractivity contribution in [1.29, 1.82) is 0 Å². The molecule has 0 unspecified atom stereocenters. The third-order valence-corrected chi connectivity index (χ3v) is 4.22. The molecule has 0 fully saturated rings. The number of hydrogen-bond donors (Lipinski definition) is 1. The molecule has 0 amide bonds. The molecule has 3 nitrogen and oxygen atoms in total. The predicted molar refractivity (Wildman–Crippen MR) is 79.2 cm³/mol. The number of hydrogen-bond acceptors (Lipinski definition) is 4. The van der Waals surface area contributed by atoms with Gasteiger partial charge in [-0.2, -0.15) is 0 Å². The highest BCUT2D eigenvalue weighted by molar-refractivity contribution is 7.12. The summed E-state index contributed by atoms with van der Waals surface area (Å²) in [5, 5.41) is 0. The molecule has 1 aliphatic rings. The quantitative estimate of drug-likeness (QED) is 0.806. The number of ether oxygens (including phenoxy) is 2. The molecule has 0 bridgehead atoms. The summed E-state index contributed by atoms with van der Waals surface area (Å²) in [4.78, 5) is 2.57. The van der Waals surface area contributed by atoms with E-state index in [1.54, 1.807) is 11.3 Å². The Morgan fingerprint density at radius 3 is 2.32 bits per heavy atom. The van der Waals surface area contributed by atoms with Gasteiger partial charge < -0.3 is 15.2 Å². The van der Waals surface area contributed by atoms with Crippen LogP contribution in [0.15, 0.2) is 18.2 Å². The molecular weight excluding hydrogens is 258 g/mol. The number of nitrogens with two attached hydrogens (primary N) is 1. The Bertz CT molecular complexity index is 619. The number of fused-ring (bicyclic) bond motifs is 1. The van der Waals surface area contributed by atoms with Crippen molar-refractivity contribution in [2.45, 2.75) is 20.3 Å². The molecule has 0 aliphatic carbocycles. The minimum Gasteiger partial charge on any atom is -0.490 e. The first kappa shape index (κ1) is 12.4. The molecule has 4 heteroatoms. The molecule has 1 aromatic carbocycles. The summed E-state index contributed by atoms with van der Waals surface area (Å²) in [5.41, 5.74) is 9.14. The normalized spacial score (nSPS) is 14.2. The molecule has 0 saturated carbocycles. The van der Waals surface area contributed by atoms with E-state index in [2.05, 4.69) is 19.9 Å². The monoisotopic (exact) mass is 275 g/mol. The van der Waals surface area contributed by atoms with Gasteiger partial charge in [0.1, 0.15) is 0 Å². The highest BCUT2D eigenvalue weighted by atomic mass is 32.1. The molecule has 0 saturated heterocycles. The minimum absolute atomic E-state index is 0.683. The van der Waals surface area contributed by atoms with Crippen LogP contribution in [0.3, 0.4) is 0 Å². The summed E-state index contributed by atoms with van der Waals surface area (Å²) in [7, 11) is 0. The standard InChI is InChI=1S/C15H17NO2S/c1-9-6-11(10(2)19-9)12-7-14-15(8-13(12)16)18-5-3-4-17-14/h6-8H,3-5,16H2,1-2H3. The molecular formula is C15H17NO2S. The van der Waals surface area contributed by atoms with E-state index in [1.807, 2.05) is 12.1 Å². The van der Waals surface area contributed by atoms with Gasteiger partial charge in [-0.1, -0.05) is 0 Å². The Labute approximate surface area is 117 Å². The maximum atomic E-state index is 6.17. The van der Waals surface area contributed by atoms with Crippen LogP contribution < -0.4 is 15.2 Å². The Balaban J connectivity index is 2.12. The lowest BCUT2D eigenvalue weighted by atomic mass is 10.0. The summed E-state index contributed by atoms with van der Waals surface area (Å²) >= 11 is 1.79. The molecule has 3 rings (SSSR count). The molecule has 2 heterocycles. The fourth-order valence-corrected chi connectivity index (χ4v) is 3.29. The lowest BCUT2D eigenvalue weighted by Gasteiger charge is -2.12. The van der Waals surface area contributed by atoms with E-state index >= 15 is 0 Å². The number of rotatable bonds is 1. The second-order valence-electron chi connectivity index (χ2n) is 4.76. The Morgan fingerprint density at radius 1 is 1.00 bits per heavy atom. The fourth-order valence-electron chi connectivity index (χ4n) is 2.36. The first-order valence-corrected chi connectivity index (χ1v) is 7.23. The zero-order valence-corrected chi connectivity index (χ0v) is 12.0. The zero-order chi connectivity index (χ0) is 13.4. The van der Waals surface area contributed by atoms with Crippen LogP contribution in [0.4, 0.5) is 5.69 Å². The molecule has 2 aromatic rings. The molecule has 1 aromatic heterocycles. The van der Waals surface area contributed by atoms with Crippen LogP contribution >= 0.6 is 11.3 Å². The predicted octanol–water partition coefficient (Wildman–Crippen LogP) is 3.78. The van der Waals surface area contributed by atoms with Gasteiger partial charge in [-0.25, -0.2) is 0 Å². The summed E-state index contributed by atoms with van der Waals surface area (Å²) in [5.74, 6) is 1.55. The molecule has 0 radical (unpaired) electrons. The Hall–Kier alpha value is -1.68. The molecule has 100 valence electrons. The van der Waals surface area contributed by atoms with Crippen LogP contribution in [-0.2, 0) is 0 Å². The highest BCUT2D eigenvalue weighted by Gasteiger charge is 2.16. The molecule has 0 atom stereocenters. The van der Waals surface area contributed by atoms with Gasteiger partial charge in [-0.15, -0.1) is 11.3 Å². The van der Waals surface area contributed by atoms with Crippen molar-refractivity contribution < 1.29 is 9.47 Å². The maximum absolute atomic E-state index is 6.17. The first-order valence-electron chi connectivity index (χ1n) is 6.41. The lowest BCUT2D eigenvalue weighted by molar-refractivity contribution is 0.297. The molecule has 2 N–H and O–H groups in total. The number of nitrogen functional groups attached to an aromatic ring is 1. The van der Waals surface area contributed by atoms with Gasteiger partial charge in [0.25, 0.3) is 0 Å². The number of thiophene rings is 1. The Morgan fingerprint density at radius 2 is 1.68 bits per heavy atom. The SMILES string of the molecule is Cc1cc(-c2cc3c(cc2N)OCCCO3)c(C)s1. The molecule has 1 aliphatic heterocycles. The third-order valence-electron chi connectivity index (χ3n) is 3.25. The van der Waals surface area contributed by atoms with Gasteiger partial charge in [-0.05, 0) is 31.5 Å². The first-order chi connectivity index (χ1) is 9.15. The number of benzene rings is 1. The van der Waals surface area contributed by atoms with Gasteiger partial charge >= 0.3 is 0 Å². The van der Waals surface area contributed by atoms with Crippen molar-refractivity contribution in [3.8, 4) is 22.6 Å². The van der Waals surface area contributed by atoms with E-state index in [1.165, 1.54) is 15.3 Å². The van der Waals surface area contributed by atoms with E-state index in [0.717, 1.165) is 29.2 Å². The average Bonchev–Trinajstić information content (AvgIpc) is 2.59. The molecule has 0 spiro atoms. The lowest BCUT2D eigenvalue weighted by Crippen LogP contribution is -1.97. The van der Waals surface area contributed by atoms with E-state index in [-0.39, 0.29) is 0 Å². The zero-order valence-electron chi connectivity index (χ0n) is 11.2. The van der Waals surface area contributed by atoms with E-state index in [0.29, 0.717) is 13.2 Å². The van der Waals surface area contributed by atoms with E-state index in [4.69, 9.17) is 15.2 Å². The van der Waals surface area contributed by atoms with Crippen LogP contribution in [0.25, 0.3) is 11.1 Å². The molecule has 19 heavy (non-hydrogen) atoms. The fraction of sp³-hybridized carbons (Fsp3) is 0.333. The third kappa shape index (κ3) is 2.28. The van der Waals surface area contributed by atoms with E-state index in [9.17, 15) is 0 Å². The van der Waals surface area contributed by atoms with Gasteiger partial charge in [-0.3, -0.25) is 0 Å². The summed E-state index contributed by atoms with van der Waals surface area (Å²) < 4.78 is 11.4. The van der Waals surface area contributed by atoms with Crippen LogP contribution in [0.5, 0.6) is 11.5 Å². The summed E-state index contributed by atoms with van der Waals surface area (Å²) in [6.07, 6.45) is 0.903. The van der Waals surface area contributed by atoms with Crippen LogP contribution in [0, 0.1) is 13.8 Å². The van der Waals surface area contributed by atoms with Crippen LogP contribution in [0.2, 0.25) is 0 Å². The second kappa shape index (κ2) is 4.78. The average molecular weight is 275 g/mol. The van der Waals surface area contributed by atoms with Crippen molar-refractivity contribution in [3.05, 3.63) is 28.0 Å². The summed E-state index contributed by atoms with van der Waals surface area (Å²) in [6.45, 7) is 5.61. The van der Waals surface area contributed by atoms with Crippen molar-refractivity contribution in [2.24, 2.45) is 0 Å². The van der Waals surface area contributed by atoms with Crippen molar-refractivity contribution in [1.82, 2.24) is 0 Å². The maximum Gasteiger partial charge on any atom is 0.163 e. The van der Waals surface area contributed by atoms with Gasteiger partial charge in [0.15, 0.2) is 11.5 Å².